The SMILES string of the molecule is C=C(C)C(=O)NC(CC([SiH3])(O[Si](C)(C)C)O[Si](C)(C)C)O[Si](C)(C)C. The van der Waals surface area contributed by atoms with Crippen LogP contribution in [-0.2, 0) is 18.1 Å². The minimum absolute atomic E-state index is 0.187. The van der Waals surface area contributed by atoms with Crippen LogP contribution in [0.5, 0.6) is 0 Å². The van der Waals surface area contributed by atoms with Crippen molar-refractivity contribution in [1.29, 1.82) is 0 Å². The minimum Gasteiger partial charge on any atom is -0.398 e. The van der Waals surface area contributed by atoms with Gasteiger partial charge in [0.25, 0.3) is 0 Å². The maximum atomic E-state index is 12.2. The summed E-state index contributed by atoms with van der Waals surface area (Å²) in [5.74, 6) is -0.187. The molecule has 1 N–H and O–H groups in total. The fraction of sp³-hybridized carbons (Fsp3) is 0.812. The number of hydrogen-bond donors (Lipinski definition) is 1. The van der Waals surface area contributed by atoms with Crippen LogP contribution in [0.25, 0.3) is 0 Å². The van der Waals surface area contributed by atoms with Crippen molar-refractivity contribution < 1.29 is 18.1 Å². The third-order valence-electron chi connectivity index (χ3n) is 2.78. The standard InChI is InChI=1S/C16H39NO4Si4/c1-13(2)15(18)17-14(19-23(3,4)5)12-16(22,20-24(6,7)8)21-25(9,10)11/h14H,1,12H2,2-11,22H3,(H,17,18). The molecule has 148 valence electrons. The van der Waals surface area contributed by atoms with E-state index < -0.39 is 36.6 Å². The van der Waals surface area contributed by atoms with E-state index in [1.165, 1.54) is 0 Å². The third kappa shape index (κ3) is 12.9. The fourth-order valence-corrected chi connectivity index (χ4v) is 10.5. The summed E-state index contributed by atoms with van der Waals surface area (Å²) in [6.45, 7) is 24.7. The van der Waals surface area contributed by atoms with Crippen LogP contribution in [0.2, 0.25) is 58.9 Å². The van der Waals surface area contributed by atoms with E-state index in [1.54, 1.807) is 6.92 Å². The molecule has 0 aliphatic rings. The van der Waals surface area contributed by atoms with Gasteiger partial charge in [0.05, 0.1) is 10.2 Å². The van der Waals surface area contributed by atoms with E-state index >= 15 is 0 Å². The van der Waals surface area contributed by atoms with Crippen LogP contribution in [-0.4, -0.2) is 52.7 Å². The molecule has 0 aromatic heterocycles. The summed E-state index contributed by atoms with van der Waals surface area (Å²) in [4.78, 5) is 12.2. The van der Waals surface area contributed by atoms with Crippen LogP contribution in [0.15, 0.2) is 12.2 Å². The molecule has 5 nitrogen and oxygen atoms in total. The molecule has 0 heterocycles. The second-order valence-electron chi connectivity index (χ2n) is 9.74. The van der Waals surface area contributed by atoms with Crippen LogP contribution in [0.3, 0.4) is 0 Å². The van der Waals surface area contributed by atoms with Crippen molar-refractivity contribution in [2.24, 2.45) is 0 Å². The van der Waals surface area contributed by atoms with Crippen LogP contribution < -0.4 is 5.32 Å². The molecule has 0 aromatic carbocycles. The van der Waals surface area contributed by atoms with Crippen LogP contribution in [0.1, 0.15) is 13.3 Å². The van der Waals surface area contributed by atoms with Gasteiger partial charge in [-0.3, -0.25) is 4.79 Å². The van der Waals surface area contributed by atoms with Gasteiger partial charge in [0.15, 0.2) is 25.0 Å². The van der Waals surface area contributed by atoms with Crippen molar-refractivity contribution in [3.63, 3.8) is 0 Å². The third-order valence-corrected chi connectivity index (χ3v) is 7.49. The van der Waals surface area contributed by atoms with E-state index in [9.17, 15) is 4.79 Å². The second-order valence-corrected chi connectivity index (χ2v) is 24.6. The van der Waals surface area contributed by atoms with Crippen molar-refractivity contribution in [1.82, 2.24) is 5.32 Å². The lowest BCUT2D eigenvalue weighted by molar-refractivity contribution is -0.123. The highest BCUT2D eigenvalue weighted by atomic mass is 28.4. The zero-order valence-corrected chi connectivity index (χ0v) is 23.1. The van der Waals surface area contributed by atoms with Gasteiger partial charge in [-0.05, 0) is 65.8 Å². The average Bonchev–Trinajstić information content (AvgIpc) is 2.18. The van der Waals surface area contributed by atoms with Crippen molar-refractivity contribution in [3.8, 4) is 0 Å². The molecule has 0 spiro atoms. The number of nitrogens with one attached hydrogen (secondary N) is 1. The van der Waals surface area contributed by atoms with Crippen molar-refractivity contribution >= 4 is 41.1 Å². The molecule has 0 bridgehead atoms. The van der Waals surface area contributed by atoms with Gasteiger partial charge in [-0.2, -0.15) is 0 Å². The van der Waals surface area contributed by atoms with Gasteiger partial charge < -0.3 is 18.6 Å². The monoisotopic (exact) mass is 421 g/mol. The second kappa shape index (κ2) is 8.76. The molecule has 25 heavy (non-hydrogen) atoms. The molecule has 0 aliphatic heterocycles. The van der Waals surface area contributed by atoms with Gasteiger partial charge in [0, 0.05) is 12.0 Å². The number of hydrogen-bond acceptors (Lipinski definition) is 4. The zero-order chi connectivity index (χ0) is 20.3. The molecule has 1 atom stereocenters. The van der Waals surface area contributed by atoms with Gasteiger partial charge >= 0.3 is 0 Å². The molecule has 9 heteroatoms. The molecule has 0 aliphatic carbocycles. The largest absolute Gasteiger partial charge is 0.398 e. The highest BCUT2D eigenvalue weighted by molar-refractivity contribution is 6.71. The predicted molar refractivity (Wildman–Crippen MR) is 117 cm³/mol. The minimum atomic E-state index is -1.86. The summed E-state index contributed by atoms with van der Waals surface area (Å²) < 4.78 is 19.2. The number of carbonyl (C=O) groups is 1. The first-order valence-electron chi connectivity index (χ1n) is 8.86. The maximum Gasteiger partial charge on any atom is 0.248 e. The first-order chi connectivity index (χ1) is 10.8. The summed E-state index contributed by atoms with van der Waals surface area (Å²) in [5.41, 5.74) is -0.179. The predicted octanol–water partition coefficient (Wildman–Crippen LogP) is 2.97. The van der Waals surface area contributed by atoms with Crippen LogP contribution in [0, 0.1) is 0 Å². The van der Waals surface area contributed by atoms with Gasteiger partial charge in [0.2, 0.25) is 5.91 Å². The Kier molecular flexibility index (Phi) is 8.75. The first kappa shape index (κ1) is 25.0. The van der Waals surface area contributed by atoms with Gasteiger partial charge in [-0.15, -0.1) is 0 Å². The topological polar surface area (TPSA) is 56.8 Å². The highest BCUT2D eigenvalue weighted by Gasteiger charge is 2.40. The van der Waals surface area contributed by atoms with E-state index in [2.05, 4.69) is 70.8 Å². The lowest BCUT2D eigenvalue weighted by atomic mass is 10.3. The van der Waals surface area contributed by atoms with Crippen LogP contribution >= 0.6 is 0 Å². The van der Waals surface area contributed by atoms with Gasteiger partial charge in [-0.1, -0.05) is 6.58 Å². The van der Waals surface area contributed by atoms with Gasteiger partial charge in [-0.25, -0.2) is 0 Å². The van der Waals surface area contributed by atoms with Crippen molar-refractivity contribution in [3.05, 3.63) is 12.2 Å². The average molecular weight is 422 g/mol. The van der Waals surface area contributed by atoms with Crippen LogP contribution in [0.4, 0.5) is 0 Å². The Labute approximate surface area is 160 Å². The molecule has 1 unspecified atom stereocenters. The Hall–Kier alpha value is -0.0425. The lowest BCUT2D eigenvalue weighted by Crippen LogP contribution is -2.56. The van der Waals surface area contributed by atoms with E-state index in [4.69, 9.17) is 13.3 Å². The number of rotatable bonds is 10. The Morgan fingerprint density at radius 1 is 1.00 bits per heavy atom. The number of carbonyl (C=O) groups excluding carboxylic acids is 1. The van der Waals surface area contributed by atoms with E-state index in [-0.39, 0.29) is 5.91 Å². The van der Waals surface area contributed by atoms with E-state index in [0.717, 1.165) is 0 Å². The fourth-order valence-electron chi connectivity index (χ4n) is 2.55. The Morgan fingerprint density at radius 2 is 1.40 bits per heavy atom. The summed E-state index contributed by atoms with van der Waals surface area (Å²) in [6.07, 6.45) is 0.0814. The maximum absolute atomic E-state index is 12.2. The molecule has 0 saturated heterocycles. The molecular formula is C16H39NO4Si4. The highest BCUT2D eigenvalue weighted by Crippen LogP contribution is 2.27. The molecule has 1 amide bonds. The Bertz CT molecular complexity index is 462. The quantitative estimate of drug-likeness (QED) is 0.335. The first-order valence-corrected chi connectivity index (χ1v) is 20.1. The zero-order valence-electron chi connectivity index (χ0n) is 18.1. The summed E-state index contributed by atoms with van der Waals surface area (Å²) >= 11 is 0. The molecule has 0 fully saturated rings. The molecule has 0 saturated carbocycles. The van der Waals surface area contributed by atoms with Crippen molar-refractivity contribution in [2.75, 3.05) is 0 Å². The summed E-state index contributed by atoms with van der Waals surface area (Å²) in [7, 11) is -4.80. The number of amides is 1. The van der Waals surface area contributed by atoms with Gasteiger partial charge in [0.1, 0.15) is 11.6 Å². The molecule has 0 radical (unpaired) electrons. The Balaban J connectivity index is 5.55. The summed E-state index contributed by atoms with van der Waals surface area (Å²) in [5, 5.41) is 2.97. The molecule has 0 rings (SSSR count). The Morgan fingerprint density at radius 3 is 1.68 bits per heavy atom. The lowest BCUT2D eigenvalue weighted by Gasteiger charge is -2.43. The smallest absolute Gasteiger partial charge is 0.248 e. The van der Waals surface area contributed by atoms with E-state index in [1.807, 2.05) is 0 Å². The van der Waals surface area contributed by atoms with E-state index in [0.29, 0.717) is 22.2 Å². The molecular weight excluding hydrogens is 383 g/mol. The summed E-state index contributed by atoms with van der Waals surface area (Å²) in [6, 6.07) is 0. The van der Waals surface area contributed by atoms with Crippen molar-refractivity contribution in [2.45, 2.75) is 83.9 Å². The normalized spacial score (nSPS) is 15.1. The molecule has 0 aromatic rings.